The van der Waals surface area contributed by atoms with E-state index in [1.54, 1.807) is 0 Å². The van der Waals surface area contributed by atoms with Crippen LogP contribution in [-0.4, -0.2) is 7.05 Å². The molecule has 0 saturated heterocycles. The maximum absolute atomic E-state index is 2.52. The molecule has 0 atom stereocenters. The van der Waals surface area contributed by atoms with E-state index in [1.165, 1.54) is 83.5 Å². The Morgan fingerprint density at radius 2 is 0.380 bits per heavy atom. The fourth-order valence-electron chi connectivity index (χ4n) is 12.2. The SMILES string of the molecule is Cc1ccc(N(C)c2ccc3c(c2)C2(c4cc(N(c5ccc(C)cc5)c5ccc(C)cc5)ccc4-3)c3cc(N(c4ccc(C)cc4)c4ccc(C)cc4)ccc3-c3ccc(N(c4ccc(C)cc4)c4ccc(C)cc4)cc32)cc1. The van der Waals surface area contributed by atoms with E-state index < -0.39 is 5.41 Å². The molecule has 11 aromatic rings. The molecule has 4 heteroatoms. The van der Waals surface area contributed by atoms with Crippen molar-refractivity contribution in [2.24, 2.45) is 0 Å². The van der Waals surface area contributed by atoms with Gasteiger partial charge < -0.3 is 19.6 Å². The van der Waals surface area contributed by atoms with E-state index in [-0.39, 0.29) is 0 Å². The third-order valence-electron chi connectivity index (χ3n) is 16.5. The van der Waals surface area contributed by atoms with E-state index in [1.807, 2.05) is 0 Å². The van der Waals surface area contributed by atoms with Gasteiger partial charge >= 0.3 is 0 Å². The molecule has 2 aliphatic carbocycles. The van der Waals surface area contributed by atoms with E-state index in [2.05, 4.69) is 318 Å². The Labute approximate surface area is 466 Å². The van der Waals surface area contributed by atoms with Crippen molar-refractivity contribution in [3.05, 3.63) is 304 Å². The first-order chi connectivity index (χ1) is 38.4. The third-order valence-corrected chi connectivity index (χ3v) is 16.5. The van der Waals surface area contributed by atoms with Gasteiger partial charge in [0.05, 0.1) is 5.41 Å². The summed E-state index contributed by atoms with van der Waals surface area (Å²) in [5.41, 5.74) is 29.9. The fraction of sp³-hybridized carbons (Fsp3) is 0.120. The summed E-state index contributed by atoms with van der Waals surface area (Å²) < 4.78 is 0. The van der Waals surface area contributed by atoms with Gasteiger partial charge in [0.1, 0.15) is 0 Å². The Hall–Kier alpha value is -9.38. The summed E-state index contributed by atoms with van der Waals surface area (Å²) in [5.74, 6) is 0. The number of hydrogen-bond donors (Lipinski definition) is 0. The van der Waals surface area contributed by atoms with Crippen molar-refractivity contribution in [1.29, 1.82) is 0 Å². The standard InChI is InChI=1S/C75H64N4/c1-49-9-23-56(24-10-49)76(8)63-37-41-67-68-42-38-64(77(57-25-11-50(2)12-26-57)58-27-13-51(3)14-28-58)46-72(68)75(71(67)45-63)73-47-65(78(59-29-15-52(4)16-30-59)60-31-17-53(5)18-32-60)39-43-69(73)70-44-40-66(48-74(70)75)79(61-33-19-54(6)20-34-61)62-35-21-55(7)22-36-62/h9-48H,1-8H3. The number of nitrogens with zero attached hydrogens (tertiary/aromatic N) is 4. The smallest absolute Gasteiger partial charge is 0.0728 e. The number of rotatable bonds is 11. The molecule has 0 aromatic heterocycles. The minimum Gasteiger partial charge on any atom is -0.345 e. The average Bonchev–Trinajstić information content (AvgIpc) is 2.76. The largest absolute Gasteiger partial charge is 0.345 e. The second-order valence-electron chi connectivity index (χ2n) is 22.1. The van der Waals surface area contributed by atoms with Crippen molar-refractivity contribution < 1.29 is 0 Å². The summed E-state index contributed by atoms with van der Waals surface area (Å²) in [7, 11) is 2.20. The second-order valence-corrected chi connectivity index (χ2v) is 22.1. The maximum Gasteiger partial charge on any atom is 0.0728 e. The molecule has 0 bridgehead atoms. The van der Waals surface area contributed by atoms with Gasteiger partial charge in [0.25, 0.3) is 0 Å². The summed E-state index contributed by atoms with van der Waals surface area (Å²) in [6, 6.07) is 91.7. The summed E-state index contributed by atoms with van der Waals surface area (Å²) >= 11 is 0. The lowest BCUT2D eigenvalue weighted by molar-refractivity contribution is 0.793. The van der Waals surface area contributed by atoms with Gasteiger partial charge in [-0.3, -0.25) is 0 Å². The van der Waals surface area contributed by atoms with Crippen LogP contribution in [0.4, 0.5) is 62.6 Å². The summed E-state index contributed by atoms with van der Waals surface area (Å²) in [4.78, 5) is 9.64. The predicted octanol–water partition coefficient (Wildman–Crippen LogP) is 20.4. The van der Waals surface area contributed by atoms with Crippen LogP contribution in [0.5, 0.6) is 0 Å². The highest BCUT2D eigenvalue weighted by Gasteiger charge is 2.53. The molecular formula is C75H64N4. The molecule has 0 N–H and O–H groups in total. The highest BCUT2D eigenvalue weighted by atomic mass is 15.2. The van der Waals surface area contributed by atoms with Crippen molar-refractivity contribution in [2.75, 3.05) is 26.6 Å². The van der Waals surface area contributed by atoms with E-state index >= 15 is 0 Å². The lowest BCUT2D eigenvalue weighted by Gasteiger charge is -2.34. The van der Waals surface area contributed by atoms with Crippen LogP contribution >= 0.6 is 0 Å². The van der Waals surface area contributed by atoms with Crippen molar-refractivity contribution in [3.8, 4) is 22.3 Å². The lowest BCUT2D eigenvalue weighted by Crippen LogP contribution is -2.27. The van der Waals surface area contributed by atoms with Gasteiger partial charge in [0.2, 0.25) is 0 Å². The number of anilines is 11. The van der Waals surface area contributed by atoms with Crippen LogP contribution in [0.15, 0.2) is 243 Å². The number of hydrogen-bond acceptors (Lipinski definition) is 4. The van der Waals surface area contributed by atoms with Gasteiger partial charge in [-0.25, -0.2) is 0 Å². The van der Waals surface area contributed by atoms with E-state index in [4.69, 9.17) is 0 Å². The van der Waals surface area contributed by atoms with Gasteiger partial charge in [-0.1, -0.05) is 148 Å². The van der Waals surface area contributed by atoms with E-state index in [0.717, 1.165) is 62.6 Å². The topological polar surface area (TPSA) is 13.0 Å². The summed E-state index contributed by atoms with van der Waals surface area (Å²) in [5, 5.41) is 0. The Kier molecular flexibility index (Phi) is 12.2. The van der Waals surface area contributed by atoms with Crippen molar-refractivity contribution in [3.63, 3.8) is 0 Å². The highest BCUT2D eigenvalue weighted by molar-refractivity contribution is 5.99. The van der Waals surface area contributed by atoms with Crippen LogP contribution in [0.3, 0.4) is 0 Å². The Bertz CT molecular complexity index is 3630. The van der Waals surface area contributed by atoms with Crippen molar-refractivity contribution in [1.82, 2.24) is 0 Å². The van der Waals surface area contributed by atoms with E-state index in [9.17, 15) is 0 Å². The van der Waals surface area contributed by atoms with Gasteiger partial charge in [0, 0.05) is 69.6 Å². The lowest BCUT2D eigenvalue weighted by atomic mass is 9.70. The van der Waals surface area contributed by atoms with Gasteiger partial charge in [-0.15, -0.1) is 0 Å². The molecule has 1 spiro atoms. The Morgan fingerprint density at radius 3 is 0.608 bits per heavy atom. The van der Waals surface area contributed by atoms with Crippen molar-refractivity contribution in [2.45, 2.75) is 53.9 Å². The third kappa shape index (κ3) is 8.56. The zero-order valence-electron chi connectivity index (χ0n) is 46.4. The fourth-order valence-corrected chi connectivity index (χ4v) is 12.2. The monoisotopic (exact) mass is 1020 g/mol. The number of benzene rings is 11. The molecule has 79 heavy (non-hydrogen) atoms. The minimum absolute atomic E-state index is 0.786. The molecular weight excluding hydrogens is 957 g/mol. The predicted molar refractivity (Wildman–Crippen MR) is 334 cm³/mol. The molecule has 0 fully saturated rings. The normalized spacial score (nSPS) is 12.4. The first-order valence-electron chi connectivity index (χ1n) is 27.6. The molecule has 0 saturated carbocycles. The first-order valence-corrected chi connectivity index (χ1v) is 27.6. The minimum atomic E-state index is -0.786. The summed E-state index contributed by atoms with van der Waals surface area (Å²) in [6.45, 7) is 15.1. The molecule has 0 unspecified atom stereocenters. The van der Waals surface area contributed by atoms with Crippen LogP contribution < -0.4 is 19.6 Å². The second kappa shape index (κ2) is 19.6. The first kappa shape index (κ1) is 49.2. The maximum atomic E-state index is 2.52. The molecule has 4 nitrogen and oxygen atoms in total. The van der Waals surface area contributed by atoms with Crippen LogP contribution in [0.1, 0.15) is 61.2 Å². The Morgan fingerprint density at radius 1 is 0.203 bits per heavy atom. The Balaban J connectivity index is 1.13. The molecule has 384 valence electrons. The molecule has 0 amide bonds. The average molecular weight is 1020 g/mol. The molecule has 0 aliphatic heterocycles. The molecule has 0 heterocycles. The van der Waals surface area contributed by atoms with Crippen LogP contribution in [0.25, 0.3) is 22.3 Å². The van der Waals surface area contributed by atoms with Crippen molar-refractivity contribution >= 4 is 62.6 Å². The zero-order valence-corrected chi connectivity index (χ0v) is 46.4. The summed E-state index contributed by atoms with van der Waals surface area (Å²) in [6.07, 6.45) is 0. The van der Waals surface area contributed by atoms with Gasteiger partial charge in [-0.05, 0) is 226 Å². The number of fused-ring (bicyclic) bond motifs is 10. The van der Waals surface area contributed by atoms with Crippen LogP contribution in [0.2, 0.25) is 0 Å². The van der Waals surface area contributed by atoms with Crippen LogP contribution in [0, 0.1) is 48.5 Å². The quantitative estimate of drug-likeness (QED) is 0.128. The molecule has 2 aliphatic rings. The molecule has 13 rings (SSSR count). The zero-order chi connectivity index (χ0) is 54.1. The number of aryl methyl sites for hydroxylation is 7. The van der Waals surface area contributed by atoms with Gasteiger partial charge in [-0.2, -0.15) is 0 Å². The van der Waals surface area contributed by atoms with E-state index in [0.29, 0.717) is 0 Å². The highest BCUT2D eigenvalue weighted by Crippen LogP contribution is 2.65. The van der Waals surface area contributed by atoms with Crippen LogP contribution in [-0.2, 0) is 5.41 Å². The molecule has 11 aromatic carbocycles. The molecule has 0 radical (unpaired) electrons. The van der Waals surface area contributed by atoms with Gasteiger partial charge in [0.15, 0.2) is 0 Å².